The third-order valence-electron chi connectivity index (χ3n) is 7.08. The molecule has 0 spiro atoms. The summed E-state index contributed by atoms with van der Waals surface area (Å²) in [5.41, 5.74) is 2.11. The van der Waals surface area contributed by atoms with Crippen LogP contribution >= 0.6 is 0 Å². The number of aromatic amines is 1. The quantitative estimate of drug-likeness (QED) is 0.448. The van der Waals surface area contributed by atoms with E-state index in [0.29, 0.717) is 42.9 Å². The number of H-pyrrole nitrogens is 1. The maximum Gasteiger partial charge on any atom is 0.331 e. The maximum absolute atomic E-state index is 13.5. The molecule has 0 unspecified atom stereocenters. The van der Waals surface area contributed by atoms with Gasteiger partial charge in [-0.15, -0.1) is 0 Å². The number of hydrogen-bond acceptors (Lipinski definition) is 6. The van der Waals surface area contributed by atoms with E-state index in [0.717, 1.165) is 17.4 Å². The van der Waals surface area contributed by atoms with Crippen LogP contribution in [-0.2, 0) is 6.54 Å². The van der Waals surface area contributed by atoms with Crippen LogP contribution in [-0.4, -0.2) is 57.3 Å². The fourth-order valence-corrected chi connectivity index (χ4v) is 4.88. The number of nitrogens with one attached hydrogen (secondary N) is 1. The van der Waals surface area contributed by atoms with Crippen molar-refractivity contribution < 1.29 is 14.0 Å². The summed E-state index contributed by atoms with van der Waals surface area (Å²) in [4.78, 5) is 57.0. The van der Waals surface area contributed by atoms with Gasteiger partial charge in [0.15, 0.2) is 0 Å². The molecule has 1 aliphatic heterocycles. The first-order chi connectivity index (χ1) is 18.3. The Balaban J connectivity index is 1.40. The fraction of sp³-hybridized carbons (Fsp3) is 0.250. The molecule has 5 rings (SSSR count). The summed E-state index contributed by atoms with van der Waals surface area (Å²) in [5.74, 6) is -0.207. The van der Waals surface area contributed by atoms with E-state index < -0.39 is 11.2 Å². The van der Waals surface area contributed by atoms with Gasteiger partial charge >= 0.3 is 5.69 Å². The SMILES string of the molecule is Cc1ccc(C(=O)N2CCN(C(=O)c3ccccc3)CC2)c(C)c1Cn1c(=O)[nH]c(=O)c2c(C#N)coc21. The zero-order valence-electron chi connectivity index (χ0n) is 21.0. The third-order valence-corrected chi connectivity index (χ3v) is 7.08. The first-order valence-electron chi connectivity index (χ1n) is 12.2. The predicted octanol–water partition coefficient (Wildman–Crippen LogP) is 2.42. The van der Waals surface area contributed by atoms with Gasteiger partial charge in [0.2, 0.25) is 5.71 Å². The Labute approximate surface area is 217 Å². The first-order valence-corrected chi connectivity index (χ1v) is 12.2. The molecule has 10 nitrogen and oxygen atoms in total. The van der Waals surface area contributed by atoms with Gasteiger partial charge in [-0.3, -0.25) is 23.9 Å². The molecule has 1 saturated heterocycles. The average Bonchev–Trinajstić information content (AvgIpc) is 3.37. The molecule has 0 aliphatic carbocycles. The van der Waals surface area contributed by atoms with E-state index in [1.807, 2.05) is 44.2 Å². The highest BCUT2D eigenvalue weighted by atomic mass is 16.3. The van der Waals surface area contributed by atoms with Crippen molar-refractivity contribution in [3.05, 3.63) is 103 Å². The third kappa shape index (κ3) is 4.28. The lowest BCUT2D eigenvalue weighted by Crippen LogP contribution is -2.50. The number of nitriles is 1. The monoisotopic (exact) mass is 511 g/mol. The normalized spacial score (nSPS) is 13.5. The Morgan fingerprint density at radius 1 is 0.974 bits per heavy atom. The van der Waals surface area contributed by atoms with E-state index >= 15 is 0 Å². The molecule has 10 heteroatoms. The standard InChI is InChI=1S/C28H25N5O5/c1-17-8-9-21(26(36)32-12-10-31(11-13-32)25(35)19-6-4-3-5-7-19)18(2)22(17)15-33-27-23(20(14-29)16-38-27)24(34)30-28(33)37/h3-9,16H,10-13,15H2,1-2H3,(H,30,34,37). The van der Waals surface area contributed by atoms with Crippen molar-refractivity contribution in [3.63, 3.8) is 0 Å². The van der Waals surface area contributed by atoms with E-state index in [-0.39, 0.29) is 35.0 Å². The van der Waals surface area contributed by atoms with Gasteiger partial charge in [-0.25, -0.2) is 4.79 Å². The van der Waals surface area contributed by atoms with Crippen molar-refractivity contribution in [2.75, 3.05) is 26.2 Å². The van der Waals surface area contributed by atoms with E-state index in [2.05, 4.69) is 4.98 Å². The van der Waals surface area contributed by atoms with Crippen LogP contribution in [0, 0.1) is 25.2 Å². The summed E-state index contributed by atoms with van der Waals surface area (Å²) < 4.78 is 6.69. The van der Waals surface area contributed by atoms with Gasteiger partial charge in [0.05, 0.1) is 6.54 Å². The highest BCUT2D eigenvalue weighted by molar-refractivity contribution is 5.97. The number of rotatable bonds is 4. The molecule has 0 bridgehead atoms. The molecule has 3 heterocycles. The summed E-state index contributed by atoms with van der Waals surface area (Å²) >= 11 is 0. The predicted molar refractivity (Wildman–Crippen MR) is 139 cm³/mol. The second-order valence-electron chi connectivity index (χ2n) is 9.27. The second kappa shape index (κ2) is 9.86. The van der Waals surface area contributed by atoms with Crippen molar-refractivity contribution in [3.8, 4) is 6.07 Å². The Kier molecular flexibility index (Phi) is 6.43. The van der Waals surface area contributed by atoms with E-state index in [1.54, 1.807) is 28.0 Å². The van der Waals surface area contributed by atoms with Crippen LogP contribution in [0.2, 0.25) is 0 Å². The summed E-state index contributed by atoms with van der Waals surface area (Å²) in [6, 6.07) is 14.6. The lowest BCUT2D eigenvalue weighted by Gasteiger charge is -2.35. The smallest absolute Gasteiger partial charge is 0.331 e. The van der Waals surface area contributed by atoms with Crippen LogP contribution in [0.4, 0.5) is 0 Å². The van der Waals surface area contributed by atoms with Gasteiger partial charge in [0.1, 0.15) is 23.3 Å². The number of aromatic nitrogens is 2. The van der Waals surface area contributed by atoms with Gasteiger partial charge in [-0.05, 0) is 48.7 Å². The van der Waals surface area contributed by atoms with Crippen LogP contribution in [0.3, 0.4) is 0 Å². The van der Waals surface area contributed by atoms with Gasteiger partial charge < -0.3 is 14.2 Å². The van der Waals surface area contributed by atoms with Crippen molar-refractivity contribution in [2.45, 2.75) is 20.4 Å². The molecular weight excluding hydrogens is 486 g/mol. The van der Waals surface area contributed by atoms with Crippen molar-refractivity contribution >= 4 is 22.9 Å². The summed E-state index contributed by atoms with van der Waals surface area (Å²) in [6.45, 7) is 5.42. The number of fused-ring (bicyclic) bond motifs is 1. The van der Waals surface area contributed by atoms with Gasteiger partial charge in [-0.1, -0.05) is 24.3 Å². The number of nitrogens with zero attached hydrogens (tertiary/aromatic N) is 4. The Morgan fingerprint density at radius 2 is 1.63 bits per heavy atom. The van der Waals surface area contributed by atoms with Gasteiger partial charge in [-0.2, -0.15) is 5.26 Å². The number of hydrogen-bond donors (Lipinski definition) is 1. The molecule has 38 heavy (non-hydrogen) atoms. The lowest BCUT2D eigenvalue weighted by molar-refractivity contribution is 0.0535. The summed E-state index contributed by atoms with van der Waals surface area (Å²) in [5, 5.41) is 9.31. The molecule has 0 atom stereocenters. The van der Waals surface area contributed by atoms with Gasteiger partial charge in [0, 0.05) is 37.3 Å². The van der Waals surface area contributed by atoms with Crippen LogP contribution in [0.1, 0.15) is 43.0 Å². The minimum Gasteiger partial charge on any atom is -0.446 e. The molecule has 192 valence electrons. The summed E-state index contributed by atoms with van der Waals surface area (Å²) in [6.07, 6.45) is 1.15. The molecule has 0 saturated carbocycles. The van der Waals surface area contributed by atoms with Gasteiger partial charge in [0.25, 0.3) is 17.4 Å². The number of furan rings is 1. The van der Waals surface area contributed by atoms with Crippen LogP contribution in [0.5, 0.6) is 0 Å². The molecule has 1 aliphatic rings. The Hall–Kier alpha value is -4.91. The van der Waals surface area contributed by atoms with Crippen molar-refractivity contribution in [2.24, 2.45) is 0 Å². The number of piperazine rings is 1. The Morgan fingerprint density at radius 3 is 2.29 bits per heavy atom. The highest BCUT2D eigenvalue weighted by Crippen LogP contribution is 2.23. The van der Waals surface area contributed by atoms with Crippen LogP contribution < -0.4 is 11.2 Å². The minimum absolute atomic E-state index is 0.00466. The van der Waals surface area contributed by atoms with E-state index in [4.69, 9.17) is 4.42 Å². The molecule has 1 N–H and O–H groups in total. The number of aryl methyl sites for hydroxylation is 1. The minimum atomic E-state index is -0.686. The molecular formula is C28H25N5O5. The van der Waals surface area contributed by atoms with E-state index in [1.165, 1.54) is 4.57 Å². The first kappa shape index (κ1) is 24.8. The number of benzene rings is 2. The number of amides is 2. The Bertz CT molecular complexity index is 1720. The average molecular weight is 512 g/mol. The second-order valence-corrected chi connectivity index (χ2v) is 9.27. The summed E-state index contributed by atoms with van der Waals surface area (Å²) in [7, 11) is 0. The highest BCUT2D eigenvalue weighted by Gasteiger charge is 2.27. The maximum atomic E-state index is 13.5. The fourth-order valence-electron chi connectivity index (χ4n) is 4.88. The van der Waals surface area contributed by atoms with Crippen molar-refractivity contribution in [1.82, 2.24) is 19.4 Å². The zero-order chi connectivity index (χ0) is 27.0. The van der Waals surface area contributed by atoms with Crippen LogP contribution in [0.25, 0.3) is 11.1 Å². The molecule has 4 aromatic rings. The molecule has 2 amide bonds. The molecule has 2 aromatic heterocycles. The molecule has 2 aromatic carbocycles. The topological polar surface area (TPSA) is 132 Å². The number of carbonyl (C=O) groups excluding carboxylic acids is 2. The molecule has 0 radical (unpaired) electrons. The number of carbonyl (C=O) groups is 2. The lowest BCUT2D eigenvalue weighted by atomic mass is 9.96. The van der Waals surface area contributed by atoms with Crippen molar-refractivity contribution in [1.29, 1.82) is 5.26 Å². The van der Waals surface area contributed by atoms with Crippen LogP contribution in [0.15, 0.2) is 62.7 Å². The largest absolute Gasteiger partial charge is 0.446 e. The zero-order valence-corrected chi connectivity index (χ0v) is 21.0. The molecule has 1 fully saturated rings. The van der Waals surface area contributed by atoms with E-state index in [9.17, 15) is 24.4 Å².